The van der Waals surface area contributed by atoms with Gasteiger partial charge in [-0.25, -0.2) is 0 Å². The normalized spacial score (nSPS) is 18.2. The summed E-state index contributed by atoms with van der Waals surface area (Å²) in [5.74, 6) is 2.23. The summed E-state index contributed by atoms with van der Waals surface area (Å²) in [6, 6.07) is 5.79. The van der Waals surface area contributed by atoms with Crippen molar-refractivity contribution in [2.24, 2.45) is 0 Å². The molecule has 0 aliphatic carbocycles. The Morgan fingerprint density at radius 2 is 2.35 bits per heavy atom. The van der Waals surface area contributed by atoms with Gasteiger partial charge in [0.1, 0.15) is 0 Å². The summed E-state index contributed by atoms with van der Waals surface area (Å²) < 4.78 is 5.15. The van der Waals surface area contributed by atoms with Gasteiger partial charge < -0.3 is 15.4 Å². The molecule has 0 aromatic heterocycles. The highest BCUT2D eigenvalue weighted by Crippen LogP contribution is 2.25. The molecule has 1 unspecified atom stereocenters. The predicted molar refractivity (Wildman–Crippen MR) is 84.2 cm³/mol. The van der Waals surface area contributed by atoms with Crippen molar-refractivity contribution in [1.29, 1.82) is 0 Å². The SMILES string of the molecule is COCCN(C(=O)c1ccc(N)cc1C)C1CCSC1. The molecule has 2 N–H and O–H groups in total. The third-order valence-corrected chi connectivity index (χ3v) is 4.77. The quantitative estimate of drug-likeness (QED) is 0.846. The average Bonchev–Trinajstić information content (AvgIpc) is 2.93. The van der Waals surface area contributed by atoms with Gasteiger partial charge in [-0.2, -0.15) is 11.8 Å². The van der Waals surface area contributed by atoms with Crippen LogP contribution in [0.3, 0.4) is 0 Å². The summed E-state index contributed by atoms with van der Waals surface area (Å²) in [6.45, 7) is 3.15. The summed E-state index contributed by atoms with van der Waals surface area (Å²) in [5.41, 5.74) is 8.13. The fourth-order valence-electron chi connectivity index (χ4n) is 2.49. The van der Waals surface area contributed by atoms with Crippen molar-refractivity contribution in [2.75, 3.05) is 37.5 Å². The molecule has 4 nitrogen and oxygen atoms in total. The fourth-order valence-corrected chi connectivity index (χ4v) is 3.71. The van der Waals surface area contributed by atoms with E-state index >= 15 is 0 Å². The van der Waals surface area contributed by atoms with E-state index in [9.17, 15) is 4.79 Å². The van der Waals surface area contributed by atoms with Gasteiger partial charge in [0.15, 0.2) is 0 Å². The first-order valence-corrected chi connectivity index (χ1v) is 8.02. The molecule has 110 valence electrons. The van der Waals surface area contributed by atoms with E-state index in [1.807, 2.05) is 35.7 Å². The third-order valence-electron chi connectivity index (χ3n) is 3.62. The van der Waals surface area contributed by atoms with Crippen LogP contribution in [0.4, 0.5) is 5.69 Å². The van der Waals surface area contributed by atoms with E-state index in [1.165, 1.54) is 0 Å². The number of ether oxygens (including phenoxy) is 1. The van der Waals surface area contributed by atoms with Crippen LogP contribution in [-0.4, -0.2) is 48.6 Å². The van der Waals surface area contributed by atoms with Gasteiger partial charge >= 0.3 is 0 Å². The van der Waals surface area contributed by atoms with Gasteiger partial charge in [-0.05, 0) is 42.9 Å². The molecular formula is C15H22N2O2S. The van der Waals surface area contributed by atoms with Gasteiger partial charge in [0.2, 0.25) is 0 Å². The molecule has 2 rings (SSSR count). The molecule has 0 bridgehead atoms. The number of rotatable bonds is 5. The van der Waals surface area contributed by atoms with Crippen LogP contribution in [0.15, 0.2) is 18.2 Å². The number of methoxy groups -OCH3 is 1. The highest BCUT2D eigenvalue weighted by molar-refractivity contribution is 7.99. The number of anilines is 1. The van der Waals surface area contributed by atoms with Gasteiger partial charge in [-0.15, -0.1) is 0 Å². The second-order valence-electron chi connectivity index (χ2n) is 5.08. The van der Waals surface area contributed by atoms with Crippen molar-refractivity contribution in [3.63, 3.8) is 0 Å². The molecule has 1 saturated heterocycles. The van der Waals surface area contributed by atoms with Crippen LogP contribution in [0.25, 0.3) is 0 Å². The standard InChI is InChI=1S/C15H22N2O2S/c1-11-9-12(16)3-4-14(11)15(18)17(6-7-19-2)13-5-8-20-10-13/h3-4,9,13H,5-8,10,16H2,1-2H3. The van der Waals surface area contributed by atoms with Crippen molar-refractivity contribution in [2.45, 2.75) is 19.4 Å². The molecule has 1 aromatic carbocycles. The van der Waals surface area contributed by atoms with Crippen molar-refractivity contribution >= 4 is 23.4 Å². The number of carbonyl (C=O) groups excluding carboxylic acids is 1. The van der Waals surface area contributed by atoms with E-state index in [-0.39, 0.29) is 5.91 Å². The number of benzene rings is 1. The minimum absolute atomic E-state index is 0.0899. The smallest absolute Gasteiger partial charge is 0.254 e. The number of thioether (sulfide) groups is 1. The van der Waals surface area contributed by atoms with Crippen LogP contribution in [0.2, 0.25) is 0 Å². The zero-order valence-electron chi connectivity index (χ0n) is 12.1. The lowest BCUT2D eigenvalue weighted by molar-refractivity contribution is 0.0624. The molecule has 1 amide bonds. The van der Waals surface area contributed by atoms with E-state index in [1.54, 1.807) is 13.2 Å². The summed E-state index contributed by atoms with van der Waals surface area (Å²) in [7, 11) is 1.67. The highest BCUT2D eigenvalue weighted by Gasteiger charge is 2.28. The van der Waals surface area contributed by atoms with Gasteiger partial charge in [0, 0.05) is 36.7 Å². The van der Waals surface area contributed by atoms with Gasteiger partial charge in [0.05, 0.1) is 6.61 Å². The Morgan fingerprint density at radius 3 is 2.95 bits per heavy atom. The number of amides is 1. The first-order valence-electron chi connectivity index (χ1n) is 6.87. The molecule has 0 radical (unpaired) electrons. The highest BCUT2D eigenvalue weighted by atomic mass is 32.2. The number of hydrogen-bond donors (Lipinski definition) is 1. The van der Waals surface area contributed by atoms with Crippen molar-refractivity contribution < 1.29 is 9.53 Å². The van der Waals surface area contributed by atoms with E-state index in [2.05, 4.69) is 0 Å². The second-order valence-corrected chi connectivity index (χ2v) is 6.23. The van der Waals surface area contributed by atoms with Crippen molar-refractivity contribution in [1.82, 2.24) is 4.90 Å². The number of nitrogen functional groups attached to an aromatic ring is 1. The molecule has 1 heterocycles. The maximum absolute atomic E-state index is 12.8. The lowest BCUT2D eigenvalue weighted by Crippen LogP contribution is -2.42. The number of hydrogen-bond acceptors (Lipinski definition) is 4. The largest absolute Gasteiger partial charge is 0.399 e. The monoisotopic (exact) mass is 294 g/mol. The fraction of sp³-hybridized carbons (Fsp3) is 0.533. The topological polar surface area (TPSA) is 55.6 Å². The van der Waals surface area contributed by atoms with Crippen LogP contribution < -0.4 is 5.73 Å². The minimum atomic E-state index is 0.0899. The summed E-state index contributed by atoms with van der Waals surface area (Å²) in [6.07, 6.45) is 1.06. The Bertz CT molecular complexity index is 473. The number of aryl methyl sites for hydroxylation is 1. The van der Waals surface area contributed by atoms with E-state index in [0.717, 1.165) is 29.1 Å². The Morgan fingerprint density at radius 1 is 1.55 bits per heavy atom. The van der Waals surface area contributed by atoms with Crippen molar-refractivity contribution in [3.05, 3.63) is 29.3 Å². The molecule has 20 heavy (non-hydrogen) atoms. The van der Waals surface area contributed by atoms with Gasteiger partial charge in [-0.3, -0.25) is 4.79 Å². The first kappa shape index (κ1) is 15.2. The Balaban J connectivity index is 2.20. The van der Waals surface area contributed by atoms with Crippen LogP contribution in [0, 0.1) is 6.92 Å². The van der Waals surface area contributed by atoms with Crippen LogP contribution in [0.5, 0.6) is 0 Å². The molecule has 1 aliphatic rings. The lowest BCUT2D eigenvalue weighted by atomic mass is 10.1. The number of carbonyl (C=O) groups is 1. The number of nitrogens with two attached hydrogens (primary N) is 1. The molecule has 0 spiro atoms. The molecule has 1 atom stereocenters. The van der Waals surface area contributed by atoms with E-state index < -0.39 is 0 Å². The first-order chi connectivity index (χ1) is 9.63. The van der Waals surface area contributed by atoms with Crippen LogP contribution >= 0.6 is 11.8 Å². The molecule has 1 fully saturated rings. The van der Waals surface area contributed by atoms with Gasteiger partial charge in [0.25, 0.3) is 5.91 Å². The van der Waals surface area contributed by atoms with E-state index in [4.69, 9.17) is 10.5 Å². The Kier molecular flexibility index (Phi) is 5.31. The summed E-state index contributed by atoms with van der Waals surface area (Å²) in [4.78, 5) is 14.8. The molecule has 5 heteroatoms. The molecule has 1 aliphatic heterocycles. The summed E-state index contributed by atoms with van der Waals surface area (Å²) in [5, 5.41) is 0. The molecule has 0 saturated carbocycles. The minimum Gasteiger partial charge on any atom is -0.399 e. The number of nitrogens with zero attached hydrogens (tertiary/aromatic N) is 1. The van der Waals surface area contributed by atoms with E-state index in [0.29, 0.717) is 24.9 Å². The maximum Gasteiger partial charge on any atom is 0.254 e. The maximum atomic E-state index is 12.8. The predicted octanol–water partition coefficient (Wildman–Crippen LogP) is 2.17. The van der Waals surface area contributed by atoms with Crippen LogP contribution in [0.1, 0.15) is 22.3 Å². The lowest BCUT2D eigenvalue weighted by Gasteiger charge is -2.29. The van der Waals surface area contributed by atoms with Crippen molar-refractivity contribution in [3.8, 4) is 0 Å². The van der Waals surface area contributed by atoms with Gasteiger partial charge in [-0.1, -0.05) is 0 Å². The second kappa shape index (κ2) is 6.99. The Hall–Kier alpha value is -1.20. The third kappa shape index (κ3) is 3.46. The Labute approximate surface area is 124 Å². The zero-order chi connectivity index (χ0) is 14.5. The molecule has 1 aromatic rings. The molecular weight excluding hydrogens is 272 g/mol. The summed E-state index contributed by atoms with van der Waals surface area (Å²) >= 11 is 1.91. The van der Waals surface area contributed by atoms with Crippen LogP contribution in [-0.2, 0) is 4.74 Å². The zero-order valence-corrected chi connectivity index (χ0v) is 12.9. The average molecular weight is 294 g/mol.